The number of hydrogen-bond donors (Lipinski definition) is 3. The van der Waals surface area contributed by atoms with Crippen LogP contribution < -0.4 is 10.6 Å². The van der Waals surface area contributed by atoms with E-state index in [-0.39, 0.29) is 17.9 Å². The molecule has 5 heteroatoms. The molecule has 5 nitrogen and oxygen atoms in total. The largest absolute Gasteiger partial charge is 0.393 e. The Morgan fingerprint density at radius 3 is 2.13 bits per heavy atom. The van der Waals surface area contributed by atoms with E-state index in [4.69, 9.17) is 5.11 Å². The molecule has 88 valence electrons. The van der Waals surface area contributed by atoms with Gasteiger partial charge in [-0.25, -0.2) is 0 Å². The van der Waals surface area contributed by atoms with Crippen molar-refractivity contribution in [3.8, 4) is 0 Å². The fourth-order valence-corrected chi connectivity index (χ4v) is 1.31. The van der Waals surface area contributed by atoms with Gasteiger partial charge >= 0.3 is 0 Å². The molecule has 0 aromatic carbocycles. The Morgan fingerprint density at radius 1 is 1.20 bits per heavy atom. The predicted molar refractivity (Wildman–Crippen MR) is 57.2 cm³/mol. The van der Waals surface area contributed by atoms with Crippen molar-refractivity contribution in [2.45, 2.75) is 52.3 Å². The highest BCUT2D eigenvalue weighted by atomic mass is 16.3. The molecule has 2 amide bonds. The summed E-state index contributed by atoms with van der Waals surface area (Å²) in [6.07, 6.45) is 0.0507. The van der Waals surface area contributed by atoms with Crippen LogP contribution in [0, 0.1) is 0 Å². The molecule has 3 unspecified atom stereocenters. The quantitative estimate of drug-likeness (QED) is 0.595. The first-order valence-electron chi connectivity index (χ1n) is 5.08. The molecule has 0 spiro atoms. The van der Waals surface area contributed by atoms with Gasteiger partial charge in [0.25, 0.3) is 0 Å². The summed E-state index contributed by atoms with van der Waals surface area (Å²) in [6, 6.07) is -0.646. The summed E-state index contributed by atoms with van der Waals surface area (Å²) < 4.78 is 0. The number of aliphatic hydroxyl groups is 1. The SMILES string of the molecule is CC(=O)NC(C)C(=O)NC(C)CC(C)O. The van der Waals surface area contributed by atoms with E-state index in [9.17, 15) is 9.59 Å². The summed E-state index contributed by atoms with van der Waals surface area (Å²) in [4.78, 5) is 22.2. The highest BCUT2D eigenvalue weighted by molar-refractivity contribution is 5.86. The van der Waals surface area contributed by atoms with E-state index >= 15 is 0 Å². The topological polar surface area (TPSA) is 78.4 Å². The smallest absolute Gasteiger partial charge is 0.242 e. The molecule has 0 rings (SSSR count). The molecule has 0 aliphatic heterocycles. The molecule has 0 fully saturated rings. The fourth-order valence-electron chi connectivity index (χ4n) is 1.31. The van der Waals surface area contributed by atoms with Gasteiger partial charge < -0.3 is 15.7 Å². The minimum Gasteiger partial charge on any atom is -0.393 e. The number of carbonyl (C=O) groups is 2. The van der Waals surface area contributed by atoms with Crippen LogP contribution in [-0.4, -0.2) is 35.1 Å². The summed E-state index contributed by atoms with van der Waals surface area (Å²) in [5.74, 6) is -0.473. The maximum absolute atomic E-state index is 11.5. The third-order valence-electron chi connectivity index (χ3n) is 1.90. The molecule has 0 bridgehead atoms. The Morgan fingerprint density at radius 2 is 1.73 bits per heavy atom. The van der Waals surface area contributed by atoms with Crippen LogP contribution in [0.5, 0.6) is 0 Å². The zero-order chi connectivity index (χ0) is 12.0. The van der Waals surface area contributed by atoms with Crippen LogP contribution in [0.15, 0.2) is 0 Å². The maximum atomic E-state index is 11.5. The van der Waals surface area contributed by atoms with Crippen molar-refractivity contribution in [2.24, 2.45) is 0 Å². The Balaban J connectivity index is 3.95. The van der Waals surface area contributed by atoms with Gasteiger partial charge in [0, 0.05) is 13.0 Å². The van der Waals surface area contributed by atoms with E-state index in [1.54, 1.807) is 13.8 Å². The molecule has 0 aromatic rings. The average Bonchev–Trinajstić information content (AvgIpc) is 2.00. The van der Waals surface area contributed by atoms with Crippen LogP contribution in [0.25, 0.3) is 0 Å². The molecule has 0 saturated carbocycles. The summed E-state index contributed by atoms with van der Waals surface area (Å²) in [5.41, 5.74) is 0. The molecule has 0 heterocycles. The van der Waals surface area contributed by atoms with Crippen LogP contribution in [0.1, 0.15) is 34.1 Å². The van der Waals surface area contributed by atoms with Crippen molar-refractivity contribution >= 4 is 11.8 Å². The Kier molecular flexibility index (Phi) is 5.93. The van der Waals surface area contributed by atoms with E-state index in [1.165, 1.54) is 6.92 Å². The van der Waals surface area contributed by atoms with Crippen molar-refractivity contribution in [3.63, 3.8) is 0 Å². The molecule has 15 heavy (non-hydrogen) atoms. The minimum absolute atomic E-state index is 0.103. The molecule has 3 atom stereocenters. The normalized spacial score (nSPS) is 16.3. The van der Waals surface area contributed by atoms with Gasteiger partial charge in [-0.1, -0.05) is 0 Å². The lowest BCUT2D eigenvalue weighted by Crippen LogP contribution is -2.47. The van der Waals surface area contributed by atoms with Crippen molar-refractivity contribution in [1.82, 2.24) is 10.6 Å². The van der Waals surface area contributed by atoms with Crippen molar-refractivity contribution in [1.29, 1.82) is 0 Å². The van der Waals surface area contributed by atoms with Gasteiger partial charge in [-0.15, -0.1) is 0 Å². The zero-order valence-corrected chi connectivity index (χ0v) is 9.70. The third-order valence-corrected chi connectivity index (χ3v) is 1.90. The number of carbonyl (C=O) groups excluding carboxylic acids is 2. The molecular weight excluding hydrogens is 196 g/mol. The Hall–Kier alpha value is -1.10. The highest BCUT2D eigenvalue weighted by Crippen LogP contribution is 1.97. The van der Waals surface area contributed by atoms with E-state index in [2.05, 4.69) is 10.6 Å². The molecule has 3 N–H and O–H groups in total. The monoisotopic (exact) mass is 216 g/mol. The number of amides is 2. The number of hydrogen-bond acceptors (Lipinski definition) is 3. The second-order valence-corrected chi connectivity index (χ2v) is 3.92. The number of nitrogens with one attached hydrogen (secondary N) is 2. The maximum Gasteiger partial charge on any atom is 0.242 e. The zero-order valence-electron chi connectivity index (χ0n) is 9.70. The number of aliphatic hydroxyl groups excluding tert-OH is 1. The summed E-state index contributed by atoms with van der Waals surface area (Å²) >= 11 is 0. The highest BCUT2D eigenvalue weighted by Gasteiger charge is 2.16. The summed E-state index contributed by atoms with van der Waals surface area (Å²) in [5, 5.41) is 14.3. The van der Waals surface area contributed by atoms with E-state index in [0.717, 1.165) is 0 Å². The van der Waals surface area contributed by atoms with E-state index in [1.807, 2.05) is 6.92 Å². The summed E-state index contributed by atoms with van der Waals surface area (Å²) in [6.45, 7) is 6.46. The van der Waals surface area contributed by atoms with Gasteiger partial charge in [-0.2, -0.15) is 0 Å². The van der Waals surface area contributed by atoms with E-state index in [0.29, 0.717) is 6.42 Å². The lowest BCUT2D eigenvalue weighted by molar-refractivity contribution is -0.128. The molecule has 0 aliphatic carbocycles. The number of rotatable bonds is 5. The van der Waals surface area contributed by atoms with Gasteiger partial charge in [-0.05, 0) is 27.2 Å². The van der Waals surface area contributed by atoms with Crippen LogP contribution in [0.4, 0.5) is 0 Å². The van der Waals surface area contributed by atoms with Crippen LogP contribution in [-0.2, 0) is 9.59 Å². The molecule has 0 radical (unpaired) electrons. The van der Waals surface area contributed by atoms with Crippen molar-refractivity contribution < 1.29 is 14.7 Å². The lowest BCUT2D eigenvalue weighted by atomic mass is 10.1. The van der Waals surface area contributed by atoms with Gasteiger partial charge in [0.1, 0.15) is 6.04 Å². The minimum atomic E-state index is -0.543. The van der Waals surface area contributed by atoms with Crippen LogP contribution in [0.2, 0.25) is 0 Å². The van der Waals surface area contributed by atoms with Crippen molar-refractivity contribution in [2.75, 3.05) is 0 Å². The molecule has 0 aliphatic rings. The third kappa shape index (κ3) is 6.90. The second-order valence-electron chi connectivity index (χ2n) is 3.92. The predicted octanol–water partition coefficient (Wildman–Crippen LogP) is -0.213. The molecule has 0 aromatic heterocycles. The fraction of sp³-hybridized carbons (Fsp3) is 0.800. The van der Waals surface area contributed by atoms with Gasteiger partial charge in [-0.3, -0.25) is 9.59 Å². The average molecular weight is 216 g/mol. The molecular formula is C10H20N2O3. The molecule has 0 saturated heterocycles. The van der Waals surface area contributed by atoms with Crippen molar-refractivity contribution in [3.05, 3.63) is 0 Å². The summed E-state index contributed by atoms with van der Waals surface area (Å²) in [7, 11) is 0. The first kappa shape index (κ1) is 13.9. The van der Waals surface area contributed by atoms with Gasteiger partial charge in [0.15, 0.2) is 0 Å². The lowest BCUT2D eigenvalue weighted by Gasteiger charge is -2.18. The first-order valence-corrected chi connectivity index (χ1v) is 5.08. The first-order chi connectivity index (χ1) is 6.82. The second kappa shape index (κ2) is 6.40. The Bertz CT molecular complexity index is 229. The standard InChI is InChI=1S/C10H20N2O3/c1-6(5-7(2)13)11-10(15)8(3)12-9(4)14/h6-8,13H,5H2,1-4H3,(H,11,15)(H,12,14). The van der Waals surface area contributed by atoms with Gasteiger partial charge in [0.05, 0.1) is 6.10 Å². The van der Waals surface area contributed by atoms with Crippen LogP contribution >= 0.6 is 0 Å². The van der Waals surface area contributed by atoms with E-state index < -0.39 is 12.1 Å². The Labute approximate surface area is 90.2 Å². The van der Waals surface area contributed by atoms with Gasteiger partial charge in [0.2, 0.25) is 11.8 Å². The van der Waals surface area contributed by atoms with Crippen LogP contribution in [0.3, 0.4) is 0 Å².